The standard InChI is InChI=1S/C7H13NO5/c1-8-4-6(11)5(10)3(2-9)13-7(4)12/h3-7,9-12H,1-2H2/t3-,4-,5-,6-,7?/m1/s1. The summed E-state index contributed by atoms with van der Waals surface area (Å²) in [5.41, 5.74) is 0. The lowest BCUT2D eigenvalue weighted by Gasteiger charge is -2.37. The summed E-state index contributed by atoms with van der Waals surface area (Å²) < 4.78 is 4.78. The van der Waals surface area contributed by atoms with Crippen molar-refractivity contribution in [2.75, 3.05) is 6.61 Å². The quantitative estimate of drug-likeness (QED) is 0.361. The van der Waals surface area contributed by atoms with E-state index in [1.54, 1.807) is 0 Å². The van der Waals surface area contributed by atoms with Crippen LogP contribution in [0.2, 0.25) is 0 Å². The van der Waals surface area contributed by atoms with Crippen molar-refractivity contribution in [1.82, 2.24) is 0 Å². The molecule has 1 saturated heterocycles. The van der Waals surface area contributed by atoms with Gasteiger partial charge in [0.05, 0.1) is 6.61 Å². The van der Waals surface area contributed by atoms with Crippen LogP contribution in [0, 0.1) is 0 Å². The second kappa shape index (κ2) is 4.12. The molecule has 0 aromatic heterocycles. The van der Waals surface area contributed by atoms with E-state index in [1.807, 2.05) is 0 Å². The van der Waals surface area contributed by atoms with E-state index in [-0.39, 0.29) is 0 Å². The Bertz CT molecular complexity index is 188. The van der Waals surface area contributed by atoms with Gasteiger partial charge < -0.3 is 25.2 Å². The van der Waals surface area contributed by atoms with Crippen LogP contribution < -0.4 is 0 Å². The number of ether oxygens (including phenoxy) is 1. The van der Waals surface area contributed by atoms with Gasteiger partial charge in [0.15, 0.2) is 6.29 Å². The van der Waals surface area contributed by atoms with Gasteiger partial charge in [0.25, 0.3) is 0 Å². The highest BCUT2D eigenvalue weighted by molar-refractivity contribution is 5.25. The van der Waals surface area contributed by atoms with Gasteiger partial charge in [-0.05, 0) is 6.72 Å². The van der Waals surface area contributed by atoms with Crippen molar-refractivity contribution in [2.24, 2.45) is 4.99 Å². The van der Waals surface area contributed by atoms with Gasteiger partial charge in [-0.1, -0.05) is 0 Å². The average Bonchev–Trinajstić information content (AvgIpc) is 2.12. The van der Waals surface area contributed by atoms with Gasteiger partial charge in [0.2, 0.25) is 0 Å². The number of aliphatic hydroxyl groups excluding tert-OH is 4. The predicted molar refractivity (Wildman–Crippen MR) is 43.3 cm³/mol. The first-order chi connectivity index (χ1) is 6.11. The fraction of sp³-hybridized carbons (Fsp3) is 0.857. The van der Waals surface area contributed by atoms with Crippen LogP contribution in [0.3, 0.4) is 0 Å². The lowest BCUT2D eigenvalue weighted by molar-refractivity contribution is -0.248. The highest BCUT2D eigenvalue weighted by Crippen LogP contribution is 2.21. The molecule has 0 amide bonds. The summed E-state index contributed by atoms with van der Waals surface area (Å²) in [7, 11) is 0. The number of aliphatic imine (C=N–C) groups is 1. The van der Waals surface area contributed by atoms with Gasteiger partial charge in [-0.15, -0.1) is 0 Å². The molecule has 1 aliphatic rings. The van der Waals surface area contributed by atoms with E-state index in [1.165, 1.54) is 0 Å². The summed E-state index contributed by atoms with van der Waals surface area (Å²) in [5, 5.41) is 36.6. The largest absolute Gasteiger partial charge is 0.394 e. The first-order valence-corrected chi connectivity index (χ1v) is 3.88. The topological polar surface area (TPSA) is 103 Å². The molecule has 76 valence electrons. The van der Waals surface area contributed by atoms with Gasteiger partial charge in [-0.25, -0.2) is 0 Å². The first kappa shape index (κ1) is 10.6. The molecule has 6 heteroatoms. The molecule has 0 aromatic carbocycles. The Morgan fingerprint density at radius 3 is 2.31 bits per heavy atom. The van der Waals surface area contributed by atoms with Crippen molar-refractivity contribution < 1.29 is 25.2 Å². The van der Waals surface area contributed by atoms with Crippen molar-refractivity contribution in [3.05, 3.63) is 0 Å². The van der Waals surface area contributed by atoms with Crippen LogP contribution in [-0.4, -0.2) is 64.4 Å². The molecular weight excluding hydrogens is 178 g/mol. The molecule has 4 N–H and O–H groups in total. The van der Waals surface area contributed by atoms with Crippen molar-refractivity contribution in [3.63, 3.8) is 0 Å². The van der Waals surface area contributed by atoms with Gasteiger partial charge in [-0.3, -0.25) is 4.99 Å². The summed E-state index contributed by atoms with van der Waals surface area (Å²) in [6, 6.07) is -0.974. The maximum atomic E-state index is 9.37. The third kappa shape index (κ3) is 1.87. The fourth-order valence-electron chi connectivity index (χ4n) is 1.28. The summed E-state index contributed by atoms with van der Waals surface area (Å²) in [6.07, 6.45) is -4.85. The number of nitrogens with zero attached hydrogens (tertiary/aromatic N) is 1. The minimum absolute atomic E-state index is 0.473. The van der Waals surface area contributed by atoms with E-state index in [0.29, 0.717) is 0 Å². The zero-order valence-corrected chi connectivity index (χ0v) is 6.95. The van der Waals surface area contributed by atoms with Crippen LogP contribution in [0.15, 0.2) is 4.99 Å². The van der Waals surface area contributed by atoms with Crippen molar-refractivity contribution in [3.8, 4) is 0 Å². The molecule has 0 bridgehead atoms. The molecule has 5 atom stereocenters. The van der Waals surface area contributed by atoms with Gasteiger partial charge >= 0.3 is 0 Å². The zero-order chi connectivity index (χ0) is 10.0. The average molecular weight is 191 g/mol. The Labute approximate surface area is 75.1 Å². The molecule has 6 nitrogen and oxygen atoms in total. The summed E-state index contributed by atoms with van der Waals surface area (Å²) in [5.74, 6) is 0. The molecule has 0 aromatic rings. The smallest absolute Gasteiger partial charge is 0.180 e. The normalized spacial score (nSPS) is 46.0. The zero-order valence-electron chi connectivity index (χ0n) is 6.95. The molecule has 0 saturated carbocycles. The van der Waals surface area contributed by atoms with Crippen molar-refractivity contribution >= 4 is 6.72 Å². The van der Waals surface area contributed by atoms with E-state index in [0.717, 1.165) is 0 Å². The second-order valence-electron chi connectivity index (χ2n) is 2.90. The number of hydrogen-bond acceptors (Lipinski definition) is 6. The first-order valence-electron chi connectivity index (χ1n) is 3.88. The molecule has 0 aliphatic carbocycles. The van der Waals surface area contributed by atoms with Crippen LogP contribution in [0.4, 0.5) is 0 Å². The van der Waals surface area contributed by atoms with E-state index in [4.69, 9.17) is 9.84 Å². The monoisotopic (exact) mass is 191 g/mol. The Morgan fingerprint density at radius 2 is 1.85 bits per heavy atom. The molecule has 1 aliphatic heterocycles. The Kier molecular flexibility index (Phi) is 3.34. The van der Waals surface area contributed by atoms with Crippen LogP contribution in [0.25, 0.3) is 0 Å². The van der Waals surface area contributed by atoms with Crippen LogP contribution in [0.5, 0.6) is 0 Å². The van der Waals surface area contributed by atoms with E-state index in [2.05, 4.69) is 11.7 Å². The van der Waals surface area contributed by atoms with E-state index in [9.17, 15) is 15.3 Å². The molecule has 1 fully saturated rings. The Balaban J connectivity index is 2.72. The Hall–Kier alpha value is -0.530. The summed E-state index contributed by atoms with van der Waals surface area (Å²) in [4.78, 5) is 3.41. The van der Waals surface area contributed by atoms with Gasteiger partial charge in [-0.2, -0.15) is 0 Å². The van der Waals surface area contributed by atoms with Gasteiger partial charge in [0, 0.05) is 0 Å². The van der Waals surface area contributed by atoms with Crippen molar-refractivity contribution in [2.45, 2.75) is 30.6 Å². The molecule has 1 rings (SSSR count). The lowest BCUT2D eigenvalue weighted by Crippen LogP contribution is -2.57. The molecule has 0 radical (unpaired) electrons. The van der Waals surface area contributed by atoms with Crippen LogP contribution in [-0.2, 0) is 4.74 Å². The third-order valence-corrected chi connectivity index (χ3v) is 2.08. The van der Waals surface area contributed by atoms with Gasteiger partial charge in [0.1, 0.15) is 24.4 Å². The molecule has 1 heterocycles. The minimum Gasteiger partial charge on any atom is -0.394 e. The number of aliphatic hydroxyl groups is 4. The predicted octanol–water partition coefficient (Wildman–Crippen LogP) is -2.51. The summed E-state index contributed by atoms with van der Waals surface area (Å²) in [6.45, 7) is 2.67. The maximum absolute atomic E-state index is 9.37. The molecule has 1 unspecified atom stereocenters. The Morgan fingerprint density at radius 1 is 1.23 bits per heavy atom. The van der Waals surface area contributed by atoms with E-state index < -0.39 is 37.3 Å². The maximum Gasteiger partial charge on any atom is 0.180 e. The van der Waals surface area contributed by atoms with Crippen molar-refractivity contribution in [1.29, 1.82) is 0 Å². The number of hydrogen-bond donors (Lipinski definition) is 4. The van der Waals surface area contributed by atoms with Crippen LogP contribution in [0.1, 0.15) is 0 Å². The van der Waals surface area contributed by atoms with E-state index >= 15 is 0 Å². The SMILES string of the molecule is C=N[C@H]1C(O)O[C@H](CO)[C@@H](O)[C@@H]1O. The second-order valence-corrected chi connectivity index (χ2v) is 2.90. The third-order valence-electron chi connectivity index (χ3n) is 2.08. The highest BCUT2D eigenvalue weighted by Gasteiger charge is 2.42. The molecule has 0 spiro atoms. The lowest BCUT2D eigenvalue weighted by atomic mass is 9.98. The molecular formula is C7H13NO5. The molecule has 13 heavy (non-hydrogen) atoms. The fourth-order valence-corrected chi connectivity index (χ4v) is 1.28. The minimum atomic E-state index is -1.34. The number of rotatable bonds is 2. The highest BCUT2D eigenvalue weighted by atomic mass is 16.6. The summed E-state index contributed by atoms with van der Waals surface area (Å²) >= 11 is 0. The van der Waals surface area contributed by atoms with Crippen LogP contribution >= 0.6 is 0 Å².